The van der Waals surface area contributed by atoms with Crippen molar-refractivity contribution in [3.05, 3.63) is 64.6 Å². The van der Waals surface area contributed by atoms with Gasteiger partial charge in [-0.05, 0) is 29.1 Å². The Morgan fingerprint density at radius 1 is 1.12 bits per heavy atom. The van der Waals surface area contributed by atoms with Crippen molar-refractivity contribution in [1.82, 2.24) is 9.29 Å². The van der Waals surface area contributed by atoms with E-state index in [0.29, 0.717) is 11.1 Å². The highest BCUT2D eigenvalue weighted by molar-refractivity contribution is 7.70. The van der Waals surface area contributed by atoms with Gasteiger partial charge in [0.15, 0.2) is 0 Å². The molecule has 0 saturated carbocycles. The highest BCUT2D eigenvalue weighted by Gasteiger charge is 2.11. The van der Waals surface area contributed by atoms with E-state index in [1.54, 1.807) is 29.9 Å². The first kappa shape index (κ1) is 17.2. The van der Waals surface area contributed by atoms with E-state index in [9.17, 15) is 13.2 Å². The number of benzene rings is 2. The number of pyridine rings is 1. The highest BCUT2D eigenvalue weighted by Crippen LogP contribution is 2.30. The lowest BCUT2D eigenvalue weighted by Crippen LogP contribution is -2.16. The predicted molar refractivity (Wildman–Crippen MR) is 98.3 cm³/mol. The van der Waals surface area contributed by atoms with E-state index in [-0.39, 0.29) is 12.1 Å². The normalized spacial score (nSPS) is 11.2. The Hall–Kier alpha value is -2.64. The molecular formula is C18H18N2O4S. The summed E-state index contributed by atoms with van der Waals surface area (Å²) in [5.41, 5.74) is 2.44. The number of ether oxygens (including phenoxy) is 1. The fourth-order valence-electron chi connectivity index (χ4n) is 2.88. The van der Waals surface area contributed by atoms with Gasteiger partial charge in [-0.25, -0.2) is 13.1 Å². The third kappa shape index (κ3) is 3.42. The molecule has 0 fully saturated rings. The fourth-order valence-corrected chi connectivity index (χ4v) is 3.18. The topological polar surface area (TPSA) is 77.4 Å². The van der Waals surface area contributed by atoms with E-state index < -0.39 is 10.9 Å². The van der Waals surface area contributed by atoms with Crippen LogP contribution in [0.5, 0.6) is 5.75 Å². The van der Waals surface area contributed by atoms with Gasteiger partial charge in [-0.3, -0.25) is 4.79 Å². The average molecular weight is 358 g/mol. The van der Waals surface area contributed by atoms with E-state index in [2.05, 4.69) is 4.72 Å². The maximum absolute atomic E-state index is 12.3. The van der Waals surface area contributed by atoms with Crippen molar-refractivity contribution in [3.63, 3.8) is 0 Å². The van der Waals surface area contributed by atoms with Crippen molar-refractivity contribution in [1.29, 1.82) is 0 Å². The van der Waals surface area contributed by atoms with Crippen molar-refractivity contribution in [2.24, 2.45) is 7.05 Å². The molecule has 130 valence electrons. The smallest absolute Gasteiger partial charge is 0.258 e. The van der Waals surface area contributed by atoms with Crippen molar-refractivity contribution in [2.75, 3.05) is 7.11 Å². The summed E-state index contributed by atoms with van der Waals surface area (Å²) < 4.78 is 30.9. The van der Waals surface area contributed by atoms with Crippen LogP contribution in [0.15, 0.2) is 53.5 Å². The molecule has 0 aliphatic carbocycles. The van der Waals surface area contributed by atoms with Gasteiger partial charge >= 0.3 is 0 Å². The van der Waals surface area contributed by atoms with Gasteiger partial charge in [0.05, 0.1) is 7.11 Å². The molecule has 0 atom stereocenters. The van der Waals surface area contributed by atoms with Crippen LogP contribution in [0, 0.1) is 0 Å². The second-order valence-electron chi connectivity index (χ2n) is 5.62. The minimum atomic E-state index is -2.69. The average Bonchev–Trinajstić information content (AvgIpc) is 2.62. The summed E-state index contributed by atoms with van der Waals surface area (Å²) in [6.45, 7) is 0.138. The molecular weight excluding hydrogens is 340 g/mol. The largest absolute Gasteiger partial charge is 0.496 e. The summed E-state index contributed by atoms with van der Waals surface area (Å²) in [7, 11) is 0.559. The number of aromatic nitrogens is 1. The van der Waals surface area contributed by atoms with Crippen LogP contribution in [-0.2, 0) is 24.5 Å². The summed E-state index contributed by atoms with van der Waals surface area (Å²) in [4.78, 5) is 12.3. The van der Waals surface area contributed by atoms with Gasteiger partial charge in [0.25, 0.3) is 5.56 Å². The van der Waals surface area contributed by atoms with E-state index in [1.807, 2.05) is 30.3 Å². The van der Waals surface area contributed by atoms with Crippen molar-refractivity contribution < 1.29 is 13.2 Å². The number of hydrogen-bond donors (Lipinski definition) is 2. The van der Waals surface area contributed by atoms with Gasteiger partial charge in [0.2, 0.25) is 10.9 Å². The van der Waals surface area contributed by atoms with E-state index in [0.717, 1.165) is 22.1 Å². The Morgan fingerprint density at radius 2 is 1.84 bits per heavy atom. The Balaban J connectivity index is 2.20. The third-order valence-corrected chi connectivity index (χ3v) is 4.50. The zero-order valence-corrected chi connectivity index (χ0v) is 14.7. The molecule has 6 nitrogen and oxygen atoms in total. The lowest BCUT2D eigenvalue weighted by Gasteiger charge is -2.13. The number of thiol groups is 1. The lowest BCUT2D eigenvalue weighted by molar-refractivity contribution is 0.409. The van der Waals surface area contributed by atoms with Crippen LogP contribution >= 0.6 is 0 Å². The summed E-state index contributed by atoms with van der Waals surface area (Å²) in [5.74, 6) is 0.599. The molecule has 0 radical (unpaired) electrons. The molecule has 0 bridgehead atoms. The molecule has 0 aliphatic heterocycles. The van der Waals surface area contributed by atoms with Crippen LogP contribution in [0.3, 0.4) is 0 Å². The molecule has 1 aromatic heterocycles. The molecule has 0 amide bonds. The van der Waals surface area contributed by atoms with Gasteiger partial charge in [-0.1, -0.05) is 24.3 Å². The maximum atomic E-state index is 12.3. The fraction of sp³-hybridized carbons (Fsp3) is 0.167. The van der Waals surface area contributed by atoms with Crippen molar-refractivity contribution >= 4 is 21.7 Å². The van der Waals surface area contributed by atoms with Gasteiger partial charge in [-0.2, -0.15) is 0 Å². The second kappa shape index (κ2) is 7.08. The van der Waals surface area contributed by atoms with Gasteiger partial charge in [-0.15, -0.1) is 0 Å². The molecule has 0 unspecified atom stereocenters. The molecule has 0 saturated heterocycles. The van der Waals surface area contributed by atoms with Gasteiger partial charge < -0.3 is 9.30 Å². The molecule has 25 heavy (non-hydrogen) atoms. The molecule has 3 rings (SSSR count). The molecule has 1 N–H and O–H groups in total. The van der Waals surface area contributed by atoms with Crippen LogP contribution in [0.1, 0.15) is 5.56 Å². The maximum Gasteiger partial charge on any atom is 0.258 e. The third-order valence-electron chi connectivity index (χ3n) is 4.08. The van der Waals surface area contributed by atoms with E-state index in [4.69, 9.17) is 4.74 Å². The first-order valence-electron chi connectivity index (χ1n) is 7.65. The second-order valence-corrected chi connectivity index (χ2v) is 6.45. The molecule has 2 aromatic carbocycles. The molecule has 3 aromatic rings. The summed E-state index contributed by atoms with van der Waals surface area (Å²) in [6.07, 6.45) is 1.79. The van der Waals surface area contributed by atoms with Crippen LogP contribution in [0.2, 0.25) is 0 Å². The zero-order chi connectivity index (χ0) is 18.0. The first-order chi connectivity index (χ1) is 12.0. The predicted octanol–water partition coefficient (Wildman–Crippen LogP) is 1.83. The van der Waals surface area contributed by atoms with Gasteiger partial charge in [0.1, 0.15) is 5.75 Å². The van der Waals surface area contributed by atoms with Crippen LogP contribution < -0.4 is 15.0 Å². The minimum Gasteiger partial charge on any atom is -0.496 e. The van der Waals surface area contributed by atoms with Gasteiger partial charge in [0, 0.05) is 36.3 Å². The quantitative estimate of drug-likeness (QED) is 0.682. The van der Waals surface area contributed by atoms with E-state index in [1.165, 1.54) is 7.11 Å². The molecule has 1 heterocycles. The Labute approximate surface area is 146 Å². The van der Waals surface area contributed by atoms with Crippen LogP contribution in [-0.4, -0.2) is 20.1 Å². The highest BCUT2D eigenvalue weighted by atomic mass is 32.2. The summed E-state index contributed by atoms with van der Waals surface area (Å²) in [6, 6.07) is 13.0. The van der Waals surface area contributed by atoms with Crippen LogP contribution in [0.4, 0.5) is 0 Å². The number of nitrogens with one attached hydrogen (secondary N) is 1. The number of aryl methyl sites for hydroxylation is 1. The Bertz CT molecular complexity index is 1060. The molecule has 0 spiro atoms. The number of hydrogen-bond acceptors (Lipinski definition) is 4. The standard InChI is InChI=1S/C18H18N2O4S/c1-20-11-16(14-5-3-4-6-15(14)18(20)21)12-7-8-17(24-2)13(9-12)10-19-25(22)23/h3-9,11,25H,10H2,1-2H3,(H,19,22,23). The number of rotatable bonds is 5. The SMILES string of the molecule is COc1ccc(-c2cn(C)c(=O)c3ccccc23)cc1CN[SH](=O)=O. The number of fused-ring (bicyclic) bond motifs is 1. The van der Waals surface area contributed by atoms with E-state index >= 15 is 0 Å². The first-order valence-corrected chi connectivity index (χ1v) is 8.82. The molecule has 0 aliphatic rings. The monoisotopic (exact) mass is 358 g/mol. The molecule has 7 heteroatoms. The van der Waals surface area contributed by atoms with Crippen molar-refractivity contribution in [3.8, 4) is 16.9 Å². The van der Waals surface area contributed by atoms with Crippen LogP contribution in [0.25, 0.3) is 21.9 Å². The number of methoxy groups -OCH3 is 1. The van der Waals surface area contributed by atoms with Crippen molar-refractivity contribution in [2.45, 2.75) is 6.54 Å². The Kier molecular flexibility index (Phi) is 4.87. The summed E-state index contributed by atoms with van der Waals surface area (Å²) in [5, 5.41) is 1.49. The lowest BCUT2D eigenvalue weighted by atomic mass is 9.98. The zero-order valence-electron chi connectivity index (χ0n) is 13.9. The minimum absolute atomic E-state index is 0.0573. The number of nitrogens with zero attached hydrogens (tertiary/aromatic N) is 1. The Morgan fingerprint density at radius 3 is 2.52 bits per heavy atom. The summed E-state index contributed by atoms with van der Waals surface area (Å²) >= 11 is 0.